The van der Waals surface area contributed by atoms with Crippen molar-refractivity contribution in [2.24, 2.45) is 17.3 Å². The first-order valence-electron chi connectivity index (χ1n) is 10.4. The lowest BCUT2D eigenvalue weighted by Gasteiger charge is -2.38. The Bertz CT molecular complexity index is 576. The molecule has 9 heteroatoms. The highest BCUT2D eigenvalue weighted by atomic mass is 35.6. The molecule has 0 aromatic heterocycles. The van der Waals surface area contributed by atoms with Gasteiger partial charge < -0.3 is 18.9 Å². The molecule has 3 unspecified atom stereocenters. The molecule has 0 fully saturated rings. The summed E-state index contributed by atoms with van der Waals surface area (Å²) in [6, 6.07) is 0. The molecule has 0 aliphatic heterocycles. The van der Waals surface area contributed by atoms with Gasteiger partial charge in [0.2, 0.25) is 3.79 Å². The molecule has 0 rings (SSSR count). The minimum atomic E-state index is -1.76. The predicted molar refractivity (Wildman–Crippen MR) is 125 cm³/mol. The molecule has 31 heavy (non-hydrogen) atoms. The van der Waals surface area contributed by atoms with Crippen molar-refractivity contribution >= 4 is 46.7 Å². The van der Waals surface area contributed by atoms with Crippen LogP contribution in [-0.4, -0.2) is 46.9 Å². The van der Waals surface area contributed by atoms with Crippen molar-refractivity contribution in [2.45, 2.75) is 90.2 Å². The van der Waals surface area contributed by atoms with Gasteiger partial charge in [-0.2, -0.15) is 0 Å². The summed E-state index contributed by atoms with van der Waals surface area (Å²) >= 11 is 16.9. The van der Waals surface area contributed by atoms with Gasteiger partial charge >= 0.3 is 6.16 Å². The van der Waals surface area contributed by atoms with E-state index >= 15 is 0 Å². The number of ether oxygens (including phenoxy) is 4. The molecule has 0 spiro atoms. The van der Waals surface area contributed by atoms with E-state index in [0.29, 0.717) is 6.42 Å². The number of hydrogen-bond donors (Lipinski definition) is 0. The summed E-state index contributed by atoms with van der Waals surface area (Å²) in [6.07, 6.45) is -0.639. The van der Waals surface area contributed by atoms with Crippen molar-refractivity contribution in [1.82, 2.24) is 0 Å². The van der Waals surface area contributed by atoms with Gasteiger partial charge in [0, 0.05) is 0 Å². The summed E-state index contributed by atoms with van der Waals surface area (Å²) in [5.74, 6) is -1.06. The van der Waals surface area contributed by atoms with Gasteiger partial charge in [0.15, 0.2) is 6.29 Å². The quantitative estimate of drug-likeness (QED) is 0.124. The minimum absolute atomic E-state index is 0.144. The molecular weight excluding hydrogens is 467 g/mol. The Morgan fingerprint density at radius 2 is 1.45 bits per heavy atom. The Kier molecular flexibility index (Phi) is 13.0. The molecule has 0 saturated carbocycles. The highest BCUT2D eigenvalue weighted by Gasteiger charge is 2.45. The van der Waals surface area contributed by atoms with E-state index in [1.54, 1.807) is 26.8 Å². The van der Waals surface area contributed by atoms with Crippen LogP contribution < -0.4 is 0 Å². The monoisotopic (exact) mass is 502 g/mol. The number of hydrogen-bond acceptors (Lipinski definition) is 6. The van der Waals surface area contributed by atoms with Crippen LogP contribution in [0.15, 0.2) is 12.7 Å². The summed E-state index contributed by atoms with van der Waals surface area (Å²) in [4.78, 5) is 25.7. The maximum Gasteiger partial charge on any atom is 0.508 e. The fourth-order valence-electron chi connectivity index (χ4n) is 3.11. The number of halogens is 3. The lowest BCUT2D eigenvalue weighted by Crippen LogP contribution is -2.49. The summed E-state index contributed by atoms with van der Waals surface area (Å²) in [5.41, 5.74) is -1.01. The largest absolute Gasteiger partial charge is 0.508 e. The third kappa shape index (κ3) is 11.2. The van der Waals surface area contributed by atoms with Gasteiger partial charge in [0.05, 0.1) is 23.5 Å². The molecule has 0 saturated heterocycles. The van der Waals surface area contributed by atoms with Gasteiger partial charge in [-0.05, 0) is 53.9 Å². The average molecular weight is 504 g/mol. The SMILES string of the molecule is C=CCC(C)C(OC(=O)OCC(Cl)(Cl)Cl)C(C)C(=O)C(C)(C)C(OC(C)C)OC(C)C. The van der Waals surface area contributed by atoms with Crippen molar-refractivity contribution in [3.63, 3.8) is 0 Å². The van der Waals surface area contributed by atoms with Crippen molar-refractivity contribution in [3.05, 3.63) is 12.7 Å². The van der Waals surface area contributed by atoms with E-state index < -0.39 is 40.3 Å². The zero-order valence-corrected chi connectivity index (χ0v) is 22.0. The second-order valence-corrected chi connectivity index (χ2v) is 11.3. The number of Topliss-reactive ketones (excluding diaryl/α,β-unsaturated/α-hetero) is 1. The van der Waals surface area contributed by atoms with Crippen LogP contribution in [0.2, 0.25) is 0 Å². The molecule has 0 radical (unpaired) electrons. The second kappa shape index (κ2) is 13.2. The number of rotatable bonds is 13. The van der Waals surface area contributed by atoms with Crippen LogP contribution in [0.25, 0.3) is 0 Å². The van der Waals surface area contributed by atoms with E-state index in [0.717, 1.165) is 0 Å². The van der Waals surface area contributed by atoms with Crippen molar-refractivity contribution in [3.8, 4) is 0 Å². The maximum atomic E-state index is 13.5. The molecule has 182 valence electrons. The van der Waals surface area contributed by atoms with E-state index in [1.165, 1.54) is 0 Å². The standard InChI is InChI=1S/C22H37Cl3O6/c1-10-11-15(6)17(31-20(27)28-12-22(23,24)25)16(7)18(26)21(8,9)19(29-13(2)3)30-14(4)5/h10,13-17,19H,1,11-12H2,2-9H3. The Balaban J connectivity index is 5.67. The van der Waals surface area contributed by atoms with Gasteiger partial charge in [-0.25, -0.2) is 4.79 Å². The molecule has 0 bridgehead atoms. The predicted octanol–water partition coefficient (Wildman–Crippen LogP) is 6.50. The number of carbonyl (C=O) groups excluding carboxylic acids is 2. The molecule has 0 aromatic carbocycles. The fraction of sp³-hybridized carbons (Fsp3) is 0.818. The molecule has 0 aromatic rings. The Labute approximate surface area is 201 Å². The van der Waals surface area contributed by atoms with Gasteiger partial charge in [-0.3, -0.25) is 4.79 Å². The summed E-state index contributed by atoms with van der Waals surface area (Å²) < 4.78 is 20.4. The zero-order valence-electron chi connectivity index (χ0n) is 19.7. The van der Waals surface area contributed by atoms with Crippen molar-refractivity contribution in [2.75, 3.05) is 6.61 Å². The van der Waals surface area contributed by atoms with Crippen LogP contribution in [0.4, 0.5) is 4.79 Å². The molecule has 0 aliphatic carbocycles. The highest BCUT2D eigenvalue weighted by Crippen LogP contribution is 2.34. The first-order valence-corrected chi connectivity index (χ1v) is 11.5. The molecule has 3 atom stereocenters. The second-order valence-electron chi connectivity index (χ2n) is 8.81. The molecule has 0 N–H and O–H groups in total. The molecule has 0 heterocycles. The minimum Gasteiger partial charge on any atom is -0.430 e. The van der Waals surface area contributed by atoms with E-state index in [-0.39, 0.29) is 23.9 Å². The first kappa shape index (κ1) is 30.5. The molecule has 0 amide bonds. The maximum absolute atomic E-state index is 13.5. The van der Waals surface area contributed by atoms with Crippen LogP contribution in [0.3, 0.4) is 0 Å². The molecule has 0 aliphatic rings. The summed E-state index contributed by atoms with van der Waals surface area (Å²) in [6.45, 7) is 17.8. The van der Waals surface area contributed by atoms with E-state index in [9.17, 15) is 9.59 Å². The van der Waals surface area contributed by atoms with Gasteiger partial charge in [0.25, 0.3) is 0 Å². The Hall–Kier alpha value is -0.530. The van der Waals surface area contributed by atoms with Gasteiger partial charge in [-0.15, -0.1) is 6.58 Å². The van der Waals surface area contributed by atoms with E-state index in [2.05, 4.69) is 6.58 Å². The van der Waals surface area contributed by atoms with Crippen LogP contribution in [0.1, 0.15) is 61.8 Å². The van der Waals surface area contributed by atoms with Crippen LogP contribution in [-0.2, 0) is 23.7 Å². The third-order valence-corrected chi connectivity index (χ3v) is 4.93. The first-order chi connectivity index (χ1) is 14.0. The van der Waals surface area contributed by atoms with Crippen molar-refractivity contribution < 1.29 is 28.5 Å². The smallest absolute Gasteiger partial charge is 0.430 e. The normalized spacial score (nSPS) is 15.7. The van der Waals surface area contributed by atoms with Gasteiger partial charge in [0.1, 0.15) is 18.5 Å². The number of allylic oxidation sites excluding steroid dienone is 1. The molecule has 6 nitrogen and oxygen atoms in total. The van der Waals surface area contributed by atoms with Crippen LogP contribution in [0, 0.1) is 17.3 Å². The lowest BCUT2D eigenvalue weighted by molar-refractivity contribution is -0.229. The topological polar surface area (TPSA) is 71.1 Å². The van der Waals surface area contributed by atoms with Crippen molar-refractivity contribution in [1.29, 1.82) is 0 Å². The highest BCUT2D eigenvalue weighted by molar-refractivity contribution is 6.67. The number of alkyl halides is 3. The Morgan fingerprint density at radius 1 is 0.968 bits per heavy atom. The zero-order chi connectivity index (χ0) is 24.6. The van der Waals surface area contributed by atoms with E-state index in [1.807, 2.05) is 34.6 Å². The van der Waals surface area contributed by atoms with Crippen LogP contribution in [0.5, 0.6) is 0 Å². The third-order valence-electron chi connectivity index (χ3n) is 4.61. The Morgan fingerprint density at radius 3 is 1.84 bits per heavy atom. The van der Waals surface area contributed by atoms with E-state index in [4.69, 9.17) is 53.8 Å². The lowest BCUT2D eigenvalue weighted by atomic mass is 9.76. The fourth-order valence-corrected chi connectivity index (χ4v) is 3.28. The van der Waals surface area contributed by atoms with Crippen LogP contribution >= 0.6 is 34.8 Å². The number of ketones is 1. The van der Waals surface area contributed by atoms with Gasteiger partial charge in [-0.1, -0.05) is 54.7 Å². The summed E-state index contributed by atoms with van der Waals surface area (Å²) in [5, 5.41) is 0. The average Bonchev–Trinajstić information content (AvgIpc) is 2.61. The molecular formula is C22H37Cl3O6. The number of carbonyl (C=O) groups is 2. The summed E-state index contributed by atoms with van der Waals surface area (Å²) in [7, 11) is 0.